The van der Waals surface area contributed by atoms with Crippen molar-refractivity contribution in [1.29, 1.82) is 0 Å². The summed E-state index contributed by atoms with van der Waals surface area (Å²) in [7, 11) is -0.808. The lowest BCUT2D eigenvalue weighted by Gasteiger charge is -2.30. The van der Waals surface area contributed by atoms with Gasteiger partial charge in [-0.1, -0.05) is 43.8 Å². The molecular weight excluding hydrogens is 793 g/mol. The van der Waals surface area contributed by atoms with Gasteiger partial charge in [0.2, 0.25) is 27.7 Å². The number of likely N-dealkylation sites (N-methyl/N-ethyl adjacent to an activating group) is 1. The van der Waals surface area contributed by atoms with E-state index in [9.17, 15) is 32.4 Å². The first-order chi connectivity index (χ1) is 28.7. The van der Waals surface area contributed by atoms with Crippen LogP contribution in [0.2, 0.25) is 0 Å². The third-order valence-electron chi connectivity index (χ3n) is 11.9. The predicted octanol–water partition coefficient (Wildman–Crippen LogP) is 3.83. The van der Waals surface area contributed by atoms with Crippen LogP contribution in [0.15, 0.2) is 67.3 Å². The summed E-state index contributed by atoms with van der Waals surface area (Å²) < 4.78 is 45.5. The summed E-state index contributed by atoms with van der Waals surface area (Å²) in [5.41, 5.74) is 0.531. The Balaban J connectivity index is 1.20. The summed E-state index contributed by atoms with van der Waals surface area (Å²) in [6, 6.07) is 14.3. The highest BCUT2D eigenvalue weighted by molar-refractivity contribution is 7.91. The van der Waals surface area contributed by atoms with Crippen LogP contribution in [0.4, 0.5) is 4.79 Å². The van der Waals surface area contributed by atoms with Crippen molar-refractivity contribution in [2.45, 2.75) is 99.8 Å². The standard InChI is InChI=1S/C43H52N6O10S/c1-5-38(50)48(3)20-19-33(45-42(54)59-28-13-9-10-14-28)40(52)49-25-30(22-36(49)39(51)46-43(24-26(43)2)41(53)47-60(55,56)31-16-17-31)58-37-23-34(27-11-7-6-8-12-27)44-35-21-29(57-4)15-18-32(35)37/h5-8,11-12,15,18,21,23,26,28,30-31,33,36H,1,9-10,13-14,16-17,19-20,22,24-25H2,2-4H3,(H,45,54)(H,46,51)(H,47,53)/t26-,30-,33+,36+,43-/m1/s1. The van der Waals surface area contributed by atoms with E-state index >= 15 is 0 Å². The summed E-state index contributed by atoms with van der Waals surface area (Å²) in [6.07, 6.45) is 3.58. The van der Waals surface area contributed by atoms with Crippen LogP contribution in [0.1, 0.15) is 64.7 Å². The van der Waals surface area contributed by atoms with Crippen LogP contribution < -0.4 is 24.8 Å². The van der Waals surface area contributed by atoms with E-state index in [0.717, 1.165) is 24.5 Å². The third kappa shape index (κ3) is 9.35. The number of aromatic nitrogens is 1. The maximum absolute atomic E-state index is 14.8. The lowest BCUT2D eigenvalue weighted by atomic mass is 10.1. The van der Waals surface area contributed by atoms with Crippen LogP contribution in [-0.2, 0) is 33.9 Å². The van der Waals surface area contributed by atoms with Crippen LogP contribution in [0, 0.1) is 5.92 Å². The highest BCUT2D eigenvalue weighted by Crippen LogP contribution is 2.44. The van der Waals surface area contributed by atoms with Crippen LogP contribution in [0.5, 0.6) is 11.5 Å². The van der Waals surface area contributed by atoms with Gasteiger partial charge in [-0.15, -0.1) is 0 Å². The summed E-state index contributed by atoms with van der Waals surface area (Å²) in [6.45, 7) is 5.22. The molecule has 4 fully saturated rings. The molecule has 1 saturated heterocycles. The molecule has 4 aliphatic rings. The first kappa shape index (κ1) is 42.4. The molecule has 320 valence electrons. The zero-order valence-corrected chi connectivity index (χ0v) is 34.9. The number of ether oxygens (including phenoxy) is 3. The van der Waals surface area contributed by atoms with Gasteiger partial charge in [0, 0.05) is 43.1 Å². The molecule has 0 bridgehead atoms. The fourth-order valence-corrected chi connectivity index (χ4v) is 9.41. The van der Waals surface area contributed by atoms with Gasteiger partial charge in [-0.2, -0.15) is 0 Å². The molecule has 17 heteroatoms. The average Bonchev–Trinajstić information content (AvgIpc) is 4.10. The number of nitrogens with zero attached hydrogens (tertiary/aromatic N) is 3. The van der Waals surface area contributed by atoms with Crippen molar-refractivity contribution in [2.24, 2.45) is 5.92 Å². The Morgan fingerprint density at radius 3 is 2.40 bits per heavy atom. The number of fused-ring (bicyclic) bond motifs is 1. The SMILES string of the molecule is C=CC(=O)N(C)CC[C@H](NC(=O)OC1CCCC1)C(=O)N1C[C@H](Oc2cc(-c3ccccc3)nc3cc(OC)ccc23)C[C@H]1C(=O)N[C@]1(C(=O)NS(=O)(=O)C2CC2)C[C@H]1C. The number of methoxy groups -OCH3 is 1. The Morgan fingerprint density at radius 1 is 1.03 bits per heavy atom. The summed E-state index contributed by atoms with van der Waals surface area (Å²) >= 11 is 0. The zero-order chi connectivity index (χ0) is 42.8. The van der Waals surface area contributed by atoms with E-state index in [1.54, 1.807) is 39.3 Å². The molecule has 5 amide bonds. The van der Waals surface area contributed by atoms with E-state index in [2.05, 4.69) is 21.9 Å². The quantitative estimate of drug-likeness (QED) is 0.177. The van der Waals surface area contributed by atoms with Crippen molar-refractivity contribution in [3.8, 4) is 22.8 Å². The van der Waals surface area contributed by atoms with Gasteiger partial charge in [0.25, 0.3) is 5.91 Å². The molecule has 3 aromatic rings. The number of hydrogen-bond donors (Lipinski definition) is 3. The Labute approximate surface area is 349 Å². The molecule has 60 heavy (non-hydrogen) atoms. The first-order valence-electron chi connectivity index (χ1n) is 20.5. The number of alkyl carbamates (subject to hydrolysis) is 1. The number of hydrogen-bond acceptors (Lipinski definition) is 11. The number of amides is 5. The Morgan fingerprint density at radius 2 is 1.75 bits per heavy atom. The number of carbonyl (C=O) groups excluding carboxylic acids is 5. The van der Waals surface area contributed by atoms with Crippen molar-refractivity contribution in [2.75, 3.05) is 27.2 Å². The van der Waals surface area contributed by atoms with Gasteiger partial charge < -0.3 is 34.6 Å². The van der Waals surface area contributed by atoms with E-state index in [1.165, 1.54) is 9.80 Å². The van der Waals surface area contributed by atoms with Crippen molar-refractivity contribution in [1.82, 2.24) is 30.1 Å². The number of pyridine rings is 1. The second-order valence-electron chi connectivity index (χ2n) is 16.2. The molecule has 7 rings (SSSR count). The lowest BCUT2D eigenvalue weighted by Crippen LogP contribution is -2.58. The minimum atomic E-state index is -3.91. The zero-order valence-electron chi connectivity index (χ0n) is 34.1. The maximum atomic E-state index is 14.8. The molecule has 16 nitrogen and oxygen atoms in total. The molecule has 3 saturated carbocycles. The lowest BCUT2D eigenvalue weighted by molar-refractivity contribution is -0.141. The number of rotatable bonds is 16. The molecule has 0 spiro atoms. The van der Waals surface area contributed by atoms with Crippen molar-refractivity contribution < 1.29 is 46.6 Å². The summed E-state index contributed by atoms with van der Waals surface area (Å²) in [4.78, 5) is 76.0. The van der Waals surface area contributed by atoms with Crippen molar-refractivity contribution >= 4 is 50.6 Å². The molecule has 1 aliphatic heterocycles. The van der Waals surface area contributed by atoms with Crippen LogP contribution in [-0.4, -0.2) is 115 Å². The topological polar surface area (TPSA) is 203 Å². The molecular formula is C43H52N6O10S. The number of sulfonamides is 1. The van der Waals surface area contributed by atoms with E-state index in [0.29, 0.717) is 53.8 Å². The van der Waals surface area contributed by atoms with E-state index in [4.69, 9.17) is 19.2 Å². The van der Waals surface area contributed by atoms with Gasteiger partial charge in [0.15, 0.2) is 0 Å². The van der Waals surface area contributed by atoms with Crippen molar-refractivity contribution in [3.63, 3.8) is 0 Å². The van der Waals surface area contributed by atoms with Gasteiger partial charge in [0.05, 0.1) is 30.1 Å². The van der Waals surface area contributed by atoms with Gasteiger partial charge in [-0.25, -0.2) is 18.2 Å². The monoisotopic (exact) mass is 844 g/mol. The number of benzene rings is 2. The van der Waals surface area contributed by atoms with Crippen LogP contribution >= 0.6 is 0 Å². The summed E-state index contributed by atoms with van der Waals surface area (Å²) in [5, 5.41) is 5.53. The molecule has 2 heterocycles. The maximum Gasteiger partial charge on any atom is 0.408 e. The molecule has 3 aliphatic carbocycles. The van der Waals surface area contributed by atoms with E-state index < -0.39 is 62.8 Å². The largest absolute Gasteiger partial charge is 0.497 e. The van der Waals surface area contributed by atoms with Crippen molar-refractivity contribution in [3.05, 3.63) is 67.3 Å². The summed E-state index contributed by atoms with van der Waals surface area (Å²) in [5.74, 6) is -1.88. The van der Waals surface area contributed by atoms with Crippen LogP contribution in [0.25, 0.3) is 22.2 Å². The molecule has 1 aromatic heterocycles. The van der Waals surface area contributed by atoms with Crippen LogP contribution in [0.3, 0.4) is 0 Å². The van der Waals surface area contributed by atoms with E-state index in [-0.39, 0.29) is 50.3 Å². The predicted molar refractivity (Wildman–Crippen MR) is 221 cm³/mol. The fourth-order valence-electron chi connectivity index (χ4n) is 8.05. The molecule has 5 atom stereocenters. The number of nitrogens with one attached hydrogen (secondary N) is 3. The third-order valence-corrected chi connectivity index (χ3v) is 13.7. The molecule has 0 radical (unpaired) electrons. The van der Waals surface area contributed by atoms with Gasteiger partial charge in [-0.05, 0) is 75.5 Å². The fraction of sp³-hybridized carbons (Fsp3) is 0.488. The molecule has 2 aromatic carbocycles. The molecule has 0 unspecified atom stereocenters. The minimum absolute atomic E-state index is 0.0151. The number of likely N-dealkylation sites (tertiary alicyclic amines) is 1. The Bertz CT molecular complexity index is 2260. The average molecular weight is 845 g/mol. The highest BCUT2D eigenvalue weighted by Gasteiger charge is 2.61. The smallest absolute Gasteiger partial charge is 0.408 e. The Kier molecular flexibility index (Phi) is 12.4. The number of carbonyl (C=O) groups is 5. The Hall–Kier alpha value is -5.71. The van der Waals surface area contributed by atoms with Gasteiger partial charge in [-0.3, -0.25) is 23.9 Å². The molecule has 3 N–H and O–H groups in total. The second-order valence-corrected chi connectivity index (χ2v) is 18.2. The first-order valence-corrected chi connectivity index (χ1v) is 22.0. The van der Waals surface area contributed by atoms with Gasteiger partial charge in [0.1, 0.15) is 41.3 Å². The van der Waals surface area contributed by atoms with Gasteiger partial charge >= 0.3 is 6.09 Å². The minimum Gasteiger partial charge on any atom is -0.497 e. The normalized spacial score (nSPS) is 23.0. The second kappa shape index (κ2) is 17.5. The van der Waals surface area contributed by atoms with E-state index in [1.807, 2.05) is 36.4 Å². The highest BCUT2D eigenvalue weighted by atomic mass is 32.2.